The minimum absolute atomic E-state index is 0.306. The van der Waals surface area contributed by atoms with E-state index in [0.717, 1.165) is 16.7 Å². The van der Waals surface area contributed by atoms with Crippen LogP contribution in [0.15, 0.2) is 54.6 Å². The van der Waals surface area contributed by atoms with Crippen LogP contribution in [-0.2, 0) is 23.8 Å². The topological polar surface area (TPSA) is 84.9 Å². The molecule has 2 amide bonds. The zero-order valence-electron chi connectivity index (χ0n) is 23.7. The first-order valence-corrected chi connectivity index (χ1v) is 14.0. The number of alkyl carbamates (subject to hydrolysis) is 1. The zero-order valence-corrected chi connectivity index (χ0v) is 24.5. The van der Waals surface area contributed by atoms with Crippen molar-refractivity contribution in [3.63, 3.8) is 0 Å². The van der Waals surface area contributed by atoms with Crippen LogP contribution >= 0.6 is 11.8 Å². The number of nitrogens with one attached hydrogen (secondary N) is 1. The maximum absolute atomic E-state index is 14.0. The molecule has 0 radical (unpaired) electrons. The van der Waals surface area contributed by atoms with Crippen LogP contribution in [-0.4, -0.2) is 60.5 Å². The Hall–Kier alpha value is -3.00. The van der Waals surface area contributed by atoms with Gasteiger partial charge in [-0.25, -0.2) is 9.59 Å². The highest BCUT2D eigenvalue weighted by Gasteiger charge is 2.52. The Morgan fingerprint density at radius 3 is 2.05 bits per heavy atom. The summed E-state index contributed by atoms with van der Waals surface area (Å²) in [6.07, 6.45) is 1.72. The molecular formula is C30H40N2O5S. The van der Waals surface area contributed by atoms with Crippen molar-refractivity contribution in [2.75, 3.05) is 19.9 Å². The summed E-state index contributed by atoms with van der Waals surface area (Å²) in [6.45, 7) is 11.2. The molecule has 2 unspecified atom stereocenters. The highest BCUT2D eigenvalue weighted by Crippen LogP contribution is 2.47. The smallest absolute Gasteiger partial charge is 0.408 e. The third kappa shape index (κ3) is 6.70. The Morgan fingerprint density at radius 1 is 0.974 bits per heavy atom. The molecule has 7 nitrogen and oxygen atoms in total. The van der Waals surface area contributed by atoms with Crippen LogP contribution < -0.4 is 5.32 Å². The number of hydrogen-bond donors (Lipinski definition) is 1. The molecule has 0 aromatic heterocycles. The van der Waals surface area contributed by atoms with Gasteiger partial charge < -0.3 is 19.7 Å². The minimum Gasteiger partial charge on any atom is -0.467 e. The van der Waals surface area contributed by atoms with Crippen molar-refractivity contribution in [3.8, 4) is 11.1 Å². The summed E-state index contributed by atoms with van der Waals surface area (Å²) >= 11 is 1.61. The van der Waals surface area contributed by atoms with E-state index in [1.54, 1.807) is 37.4 Å². The molecule has 1 fully saturated rings. The molecule has 0 bridgehead atoms. The molecule has 1 saturated heterocycles. The lowest BCUT2D eigenvalue weighted by Crippen LogP contribution is -2.57. The summed E-state index contributed by atoms with van der Waals surface area (Å²) < 4.78 is 10.0. The molecule has 0 saturated carbocycles. The largest absolute Gasteiger partial charge is 0.467 e. The van der Waals surface area contributed by atoms with E-state index in [9.17, 15) is 14.4 Å². The highest BCUT2D eigenvalue weighted by molar-refractivity contribution is 7.99. The van der Waals surface area contributed by atoms with E-state index in [2.05, 4.69) is 41.7 Å². The summed E-state index contributed by atoms with van der Waals surface area (Å²) in [4.78, 5) is 41.2. The van der Waals surface area contributed by atoms with Gasteiger partial charge in [-0.2, -0.15) is 11.8 Å². The van der Waals surface area contributed by atoms with E-state index >= 15 is 0 Å². The second-order valence-corrected chi connectivity index (χ2v) is 13.0. The number of nitrogens with zero attached hydrogens (tertiary/aromatic N) is 1. The molecule has 1 N–H and O–H groups in total. The number of ether oxygens (including phenoxy) is 2. The fourth-order valence-electron chi connectivity index (χ4n) is 4.76. The van der Waals surface area contributed by atoms with Gasteiger partial charge in [-0.15, -0.1) is 0 Å². The van der Waals surface area contributed by atoms with Crippen molar-refractivity contribution in [3.05, 3.63) is 60.2 Å². The molecule has 1 aliphatic heterocycles. The average Bonchev–Trinajstić information content (AvgIpc) is 3.27. The van der Waals surface area contributed by atoms with Crippen LogP contribution in [0.2, 0.25) is 0 Å². The number of amides is 2. The van der Waals surface area contributed by atoms with Gasteiger partial charge >= 0.3 is 12.1 Å². The third-order valence-electron chi connectivity index (χ3n) is 6.76. The molecule has 8 heteroatoms. The quantitative estimate of drug-likeness (QED) is 0.479. The van der Waals surface area contributed by atoms with Crippen LogP contribution in [0.3, 0.4) is 0 Å². The molecule has 0 aliphatic carbocycles. The van der Waals surface area contributed by atoms with Crippen molar-refractivity contribution in [2.45, 2.75) is 70.4 Å². The molecule has 2 aromatic carbocycles. The maximum atomic E-state index is 14.0. The van der Waals surface area contributed by atoms with Crippen molar-refractivity contribution in [1.29, 1.82) is 0 Å². The fourth-order valence-corrected chi connectivity index (χ4v) is 5.73. The summed E-state index contributed by atoms with van der Waals surface area (Å²) in [5, 5.41) is 2.77. The van der Waals surface area contributed by atoms with Gasteiger partial charge in [0.1, 0.15) is 17.7 Å². The molecule has 3 atom stereocenters. The van der Waals surface area contributed by atoms with Gasteiger partial charge in [0.25, 0.3) is 0 Å². The highest BCUT2D eigenvalue weighted by atomic mass is 32.2. The number of hydrogen-bond acceptors (Lipinski definition) is 6. The Labute approximate surface area is 230 Å². The minimum atomic E-state index is -0.900. The number of benzene rings is 2. The van der Waals surface area contributed by atoms with Crippen molar-refractivity contribution in [2.24, 2.45) is 5.41 Å². The van der Waals surface area contributed by atoms with E-state index < -0.39 is 39.9 Å². The maximum Gasteiger partial charge on any atom is 0.408 e. The Bertz CT molecular complexity index is 1140. The molecule has 3 rings (SSSR count). The van der Waals surface area contributed by atoms with Crippen LogP contribution in [0.5, 0.6) is 0 Å². The molecule has 1 aliphatic rings. The lowest BCUT2D eigenvalue weighted by molar-refractivity contribution is -0.152. The van der Waals surface area contributed by atoms with Gasteiger partial charge in [0.05, 0.1) is 11.9 Å². The predicted octanol–water partition coefficient (Wildman–Crippen LogP) is 5.63. The molecule has 2 aromatic rings. The molecule has 1 heterocycles. The third-order valence-corrected chi connectivity index (χ3v) is 8.08. The Morgan fingerprint density at radius 2 is 1.55 bits per heavy atom. The number of carbonyl (C=O) groups is 3. The van der Waals surface area contributed by atoms with Gasteiger partial charge in [0, 0.05) is 6.54 Å². The van der Waals surface area contributed by atoms with Crippen molar-refractivity contribution >= 4 is 29.7 Å². The van der Waals surface area contributed by atoms with E-state index in [4.69, 9.17) is 9.47 Å². The molecular weight excluding hydrogens is 500 g/mol. The zero-order chi connectivity index (χ0) is 28.3. The first-order valence-electron chi connectivity index (χ1n) is 12.8. The normalized spacial score (nSPS) is 20.5. The SMILES string of the molecule is COC(=O)C1CC(SC)(c2ccc(-c3ccccc3)cc2)CN1C(=O)[C@@H](NC(=O)OC(C)(C)C)C(C)(C)C. The van der Waals surface area contributed by atoms with E-state index in [1.165, 1.54) is 7.11 Å². The Balaban J connectivity index is 1.95. The average molecular weight is 541 g/mol. The molecule has 0 spiro atoms. The molecule has 38 heavy (non-hydrogen) atoms. The van der Waals surface area contributed by atoms with Crippen molar-refractivity contribution < 1.29 is 23.9 Å². The summed E-state index contributed by atoms with van der Waals surface area (Å²) in [5.74, 6) is -0.810. The van der Waals surface area contributed by atoms with Gasteiger partial charge in [0.2, 0.25) is 5.91 Å². The number of esters is 1. The van der Waals surface area contributed by atoms with E-state index in [1.807, 2.05) is 45.2 Å². The monoisotopic (exact) mass is 540 g/mol. The number of likely N-dealkylation sites (tertiary alicyclic amines) is 1. The lowest BCUT2D eigenvalue weighted by atomic mass is 9.85. The van der Waals surface area contributed by atoms with E-state index in [0.29, 0.717) is 13.0 Å². The van der Waals surface area contributed by atoms with Gasteiger partial charge in [0.15, 0.2) is 0 Å². The van der Waals surface area contributed by atoms with Gasteiger partial charge in [-0.1, -0.05) is 75.4 Å². The predicted molar refractivity (Wildman–Crippen MR) is 152 cm³/mol. The number of carbonyl (C=O) groups excluding carboxylic acids is 3. The molecule has 206 valence electrons. The Kier molecular flexibility index (Phi) is 8.86. The van der Waals surface area contributed by atoms with Crippen LogP contribution in [0, 0.1) is 5.41 Å². The standard InChI is InChI=1S/C30H40N2O5S/c1-28(2,3)24(31-27(35)37-29(4,5)6)25(33)32-19-30(38-8,18-23(32)26(34)36-7)22-16-14-21(15-17-22)20-12-10-9-11-13-20/h9-17,23-24H,18-19H2,1-8H3,(H,31,35)/t23?,24-,30?/m1/s1. The van der Waals surface area contributed by atoms with Gasteiger partial charge in [-0.3, -0.25) is 4.79 Å². The van der Waals surface area contributed by atoms with Gasteiger partial charge in [-0.05, 0) is 55.6 Å². The lowest BCUT2D eigenvalue weighted by Gasteiger charge is -2.36. The second kappa shape index (κ2) is 11.4. The second-order valence-electron chi connectivity index (χ2n) is 11.8. The van der Waals surface area contributed by atoms with Crippen LogP contribution in [0.4, 0.5) is 4.79 Å². The number of rotatable bonds is 6. The fraction of sp³-hybridized carbons (Fsp3) is 0.500. The van der Waals surface area contributed by atoms with Crippen LogP contribution in [0.1, 0.15) is 53.5 Å². The summed E-state index contributed by atoms with van der Waals surface area (Å²) in [5.41, 5.74) is 1.90. The number of methoxy groups -OCH3 is 1. The van der Waals surface area contributed by atoms with Crippen molar-refractivity contribution in [1.82, 2.24) is 10.2 Å². The summed E-state index contributed by atoms with van der Waals surface area (Å²) in [7, 11) is 1.33. The summed E-state index contributed by atoms with van der Waals surface area (Å²) in [6, 6.07) is 16.7. The van der Waals surface area contributed by atoms with E-state index in [-0.39, 0.29) is 5.91 Å². The first-order chi connectivity index (χ1) is 17.7. The first kappa shape index (κ1) is 29.6. The number of thioether (sulfide) groups is 1. The van der Waals surface area contributed by atoms with Crippen LogP contribution in [0.25, 0.3) is 11.1 Å².